The van der Waals surface area contributed by atoms with Crippen molar-refractivity contribution in [2.45, 2.75) is 13.3 Å². The molecule has 0 saturated carbocycles. The Morgan fingerprint density at radius 1 is 1.12 bits per heavy atom. The maximum atomic E-state index is 12.6. The number of aryl methyl sites for hydroxylation is 1. The van der Waals surface area contributed by atoms with Gasteiger partial charge in [-0.1, -0.05) is 12.1 Å². The maximum Gasteiger partial charge on any atom is 0.325 e. The topological polar surface area (TPSA) is 98.5 Å². The molecule has 0 spiro atoms. The smallest absolute Gasteiger partial charge is 0.325 e. The molecule has 2 heterocycles. The molecule has 2 aromatic rings. The van der Waals surface area contributed by atoms with Crippen molar-refractivity contribution in [3.63, 3.8) is 0 Å². The summed E-state index contributed by atoms with van der Waals surface area (Å²) in [5, 5.41) is 0. The van der Waals surface area contributed by atoms with Crippen LogP contribution in [-0.4, -0.2) is 54.1 Å². The third kappa shape index (κ3) is 3.63. The summed E-state index contributed by atoms with van der Waals surface area (Å²) in [4.78, 5) is 44.4. The van der Waals surface area contributed by atoms with Crippen molar-refractivity contribution in [1.82, 2.24) is 14.9 Å². The number of hydrogen-bond acceptors (Lipinski definition) is 5. The molecule has 0 radical (unpaired) electrons. The fourth-order valence-corrected chi connectivity index (χ4v) is 3.19. The number of anilines is 1. The lowest BCUT2D eigenvalue weighted by Crippen LogP contribution is -2.49. The molecule has 1 aromatic carbocycles. The predicted molar refractivity (Wildman–Crippen MR) is 97.9 cm³/mol. The van der Waals surface area contributed by atoms with Crippen LogP contribution in [0.25, 0.3) is 0 Å². The third-order valence-electron chi connectivity index (χ3n) is 4.64. The number of nitrogens with one attached hydrogen (secondary N) is 2. The Morgan fingerprint density at radius 3 is 2.46 bits per heavy atom. The van der Waals surface area contributed by atoms with Gasteiger partial charge in [-0.05, 0) is 19.1 Å². The van der Waals surface area contributed by atoms with Gasteiger partial charge in [0.05, 0.1) is 19.2 Å². The molecule has 3 rings (SSSR count). The summed E-state index contributed by atoms with van der Waals surface area (Å²) in [6, 6.07) is 7.80. The first-order valence-electron chi connectivity index (χ1n) is 8.47. The molecule has 1 aliphatic rings. The van der Waals surface area contributed by atoms with Crippen molar-refractivity contribution in [3.8, 4) is 5.75 Å². The molecule has 0 atom stereocenters. The Hall–Kier alpha value is -3.03. The summed E-state index contributed by atoms with van der Waals surface area (Å²) in [6.07, 6.45) is -0.0212. The van der Waals surface area contributed by atoms with Gasteiger partial charge in [0, 0.05) is 37.4 Å². The van der Waals surface area contributed by atoms with Crippen molar-refractivity contribution in [2.75, 3.05) is 38.2 Å². The molecule has 8 nitrogen and oxygen atoms in total. The molecule has 0 unspecified atom stereocenters. The van der Waals surface area contributed by atoms with Gasteiger partial charge in [0.25, 0.3) is 5.56 Å². The summed E-state index contributed by atoms with van der Waals surface area (Å²) < 4.78 is 5.40. The van der Waals surface area contributed by atoms with E-state index >= 15 is 0 Å². The number of ether oxygens (including phenoxy) is 1. The molecule has 2 N–H and O–H groups in total. The van der Waals surface area contributed by atoms with Gasteiger partial charge < -0.3 is 19.5 Å². The van der Waals surface area contributed by atoms with Crippen LogP contribution in [0, 0.1) is 6.92 Å². The SMILES string of the molecule is COc1ccccc1N1CCN(C(=O)Cc2c(C)[nH]c(=O)[nH]c2=O)CC1. The van der Waals surface area contributed by atoms with E-state index in [0.717, 1.165) is 11.4 Å². The van der Waals surface area contributed by atoms with Crippen LogP contribution in [0.3, 0.4) is 0 Å². The second-order valence-electron chi connectivity index (χ2n) is 6.23. The van der Waals surface area contributed by atoms with Crippen LogP contribution >= 0.6 is 0 Å². The van der Waals surface area contributed by atoms with Crippen molar-refractivity contribution in [2.24, 2.45) is 0 Å². The first-order valence-corrected chi connectivity index (χ1v) is 8.47. The van der Waals surface area contributed by atoms with Crippen LogP contribution in [0.2, 0.25) is 0 Å². The summed E-state index contributed by atoms with van der Waals surface area (Å²) in [7, 11) is 1.64. The van der Waals surface area contributed by atoms with Gasteiger partial charge in [0.15, 0.2) is 0 Å². The quantitative estimate of drug-likeness (QED) is 0.818. The Balaban J connectivity index is 1.66. The van der Waals surface area contributed by atoms with E-state index in [9.17, 15) is 14.4 Å². The number of aromatic amines is 2. The third-order valence-corrected chi connectivity index (χ3v) is 4.64. The van der Waals surface area contributed by atoms with E-state index in [-0.39, 0.29) is 12.3 Å². The molecule has 1 fully saturated rings. The Morgan fingerprint density at radius 2 is 1.81 bits per heavy atom. The number of aromatic nitrogens is 2. The molecule has 138 valence electrons. The zero-order valence-corrected chi connectivity index (χ0v) is 14.9. The summed E-state index contributed by atoms with van der Waals surface area (Å²) in [6.45, 7) is 4.13. The van der Waals surface area contributed by atoms with Gasteiger partial charge in [-0.2, -0.15) is 0 Å². The van der Waals surface area contributed by atoms with Crippen molar-refractivity contribution >= 4 is 11.6 Å². The van der Waals surface area contributed by atoms with E-state index in [4.69, 9.17) is 4.74 Å². The number of rotatable bonds is 4. The van der Waals surface area contributed by atoms with Gasteiger partial charge in [-0.15, -0.1) is 0 Å². The normalized spacial score (nSPS) is 14.4. The lowest BCUT2D eigenvalue weighted by molar-refractivity contribution is -0.130. The second kappa shape index (κ2) is 7.47. The zero-order chi connectivity index (χ0) is 18.7. The first-order chi connectivity index (χ1) is 12.5. The standard InChI is InChI=1S/C18H22N4O4/c1-12-13(17(24)20-18(25)19-12)11-16(23)22-9-7-21(8-10-22)14-5-3-4-6-15(14)26-2/h3-6H,7-11H2,1-2H3,(H2,19,20,24,25). The van der Waals surface area contributed by atoms with Crippen molar-refractivity contribution in [1.29, 1.82) is 0 Å². The average Bonchev–Trinajstić information content (AvgIpc) is 2.64. The molecule has 8 heteroatoms. The molecule has 1 aliphatic heterocycles. The van der Waals surface area contributed by atoms with Crippen LogP contribution in [0.1, 0.15) is 11.3 Å². The molecule has 1 aromatic heterocycles. The average molecular weight is 358 g/mol. The lowest BCUT2D eigenvalue weighted by Gasteiger charge is -2.36. The minimum atomic E-state index is -0.561. The number of carbonyl (C=O) groups excluding carboxylic acids is 1. The number of nitrogens with zero attached hydrogens (tertiary/aromatic N) is 2. The summed E-state index contributed by atoms with van der Waals surface area (Å²) in [5.74, 6) is 0.688. The van der Waals surface area contributed by atoms with Crippen LogP contribution in [-0.2, 0) is 11.2 Å². The van der Waals surface area contributed by atoms with E-state index in [0.29, 0.717) is 37.4 Å². The zero-order valence-electron chi connectivity index (χ0n) is 14.9. The number of piperazine rings is 1. The predicted octanol–water partition coefficient (Wildman–Crippen LogP) is 0.272. The first kappa shape index (κ1) is 17.8. The molecular formula is C18H22N4O4. The Kier molecular flexibility index (Phi) is 5.11. The highest BCUT2D eigenvalue weighted by atomic mass is 16.5. The van der Waals surface area contributed by atoms with Gasteiger partial charge >= 0.3 is 5.69 Å². The monoisotopic (exact) mass is 358 g/mol. The van der Waals surface area contributed by atoms with Gasteiger partial charge in [-0.25, -0.2) is 4.79 Å². The van der Waals surface area contributed by atoms with E-state index < -0.39 is 11.2 Å². The number of amides is 1. The highest BCUT2D eigenvalue weighted by Gasteiger charge is 2.24. The molecule has 1 amide bonds. The Labute approximate surface area is 150 Å². The van der Waals surface area contributed by atoms with Crippen LogP contribution in [0.4, 0.5) is 5.69 Å². The highest BCUT2D eigenvalue weighted by Crippen LogP contribution is 2.28. The fraction of sp³-hybridized carbons (Fsp3) is 0.389. The summed E-state index contributed by atoms with van der Waals surface area (Å²) in [5.41, 5.74) is 0.679. The molecule has 1 saturated heterocycles. The number of carbonyl (C=O) groups is 1. The molecule has 0 bridgehead atoms. The van der Waals surface area contributed by atoms with Crippen LogP contribution < -0.4 is 20.9 Å². The lowest BCUT2D eigenvalue weighted by atomic mass is 10.1. The minimum absolute atomic E-state index is 0.0212. The number of H-pyrrole nitrogens is 2. The second-order valence-corrected chi connectivity index (χ2v) is 6.23. The maximum absolute atomic E-state index is 12.6. The number of methoxy groups -OCH3 is 1. The van der Waals surface area contributed by atoms with Gasteiger partial charge in [-0.3, -0.25) is 14.6 Å². The molecular weight excluding hydrogens is 336 g/mol. The number of hydrogen-bond donors (Lipinski definition) is 2. The van der Waals surface area contributed by atoms with Crippen LogP contribution in [0.5, 0.6) is 5.75 Å². The van der Waals surface area contributed by atoms with E-state index in [2.05, 4.69) is 14.9 Å². The Bertz CT molecular complexity index is 910. The summed E-state index contributed by atoms with van der Waals surface area (Å²) >= 11 is 0. The molecule has 26 heavy (non-hydrogen) atoms. The highest BCUT2D eigenvalue weighted by molar-refractivity contribution is 5.79. The largest absolute Gasteiger partial charge is 0.495 e. The van der Waals surface area contributed by atoms with E-state index in [1.54, 1.807) is 18.9 Å². The molecule has 0 aliphatic carbocycles. The van der Waals surface area contributed by atoms with E-state index in [1.165, 1.54) is 0 Å². The van der Waals surface area contributed by atoms with Crippen molar-refractivity contribution < 1.29 is 9.53 Å². The number of benzene rings is 1. The van der Waals surface area contributed by atoms with Crippen LogP contribution in [0.15, 0.2) is 33.9 Å². The van der Waals surface area contributed by atoms with Gasteiger partial charge in [0.1, 0.15) is 5.75 Å². The fourth-order valence-electron chi connectivity index (χ4n) is 3.19. The van der Waals surface area contributed by atoms with Crippen molar-refractivity contribution in [3.05, 3.63) is 56.4 Å². The number of para-hydroxylation sites is 2. The van der Waals surface area contributed by atoms with Gasteiger partial charge in [0.2, 0.25) is 5.91 Å². The minimum Gasteiger partial charge on any atom is -0.495 e. The van der Waals surface area contributed by atoms with E-state index in [1.807, 2.05) is 24.3 Å².